The van der Waals surface area contributed by atoms with Crippen molar-refractivity contribution in [1.82, 2.24) is 0 Å². The normalized spacial score (nSPS) is 13.8. The zero-order chi connectivity index (χ0) is 15.4. The van der Waals surface area contributed by atoms with Gasteiger partial charge in [0.05, 0.1) is 6.04 Å². The molecule has 2 unspecified atom stereocenters. The molecule has 0 spiro atoms. The lowest BCUT2D eigenvalue weighted by Crippen LogP contribution is -2.40. The number of hydrogen-bond donors (Lipinski definition) is 1. The molecule has 0 radical (unpaired) electrons. The van der Waals surface area contributed by atoms with Gasteiger partial charge in [0.1, 0.15) is 5.82 Å². The highest BCUT2D eigenvalue weighted by molar-refractivity contribution is 5.51. The number of likely N-dealkylation sites (N-methyl/N-ethyl adjacent to an activating group) is 1. The molecule has 0 saturated heterocycles. The van der Waals surface area contributed by atoms with Crippen LogP contribution in [0.3, 0.4) is 0 Å². The second-order valence-electron chi connectivity index (χ2n) is 5.45. The SMILES string of the molecule is CCN(c1cccc(C)c1)C(c1ccccc1F)C(C)N. The van der Waals surface area contributed by atoms with Crippen LogP contribution in [-0.2, 0) is 0 Å². The van der Waals surface area contributed by atoms with Crippen molar-refractivity contribution in [2.45, 2.75) is 32.9 Å². The van der Waals surface area contributed by atoms with Crippen LogP contribution in [0, 0.1) is 12.7 Å². The molecule has 2 nitrogen and oxygen atoms in total. The molecule has 2 aromatic rings. The molecule has 0 fully saturated rings. The molecule has 0 aliphatic rings. The van der Waals surface area contributed by atoms with Crippen molar-refractivity contribution in [3.05, 3.63) is 65.5 Å². The predicted molar refractivity (Wildman–Crippen MR) is 87.0 cm³/mol. The van der Waals surface area contributed by atoms with Crippen LogP contribution < -0.4 is 10.6 Å². The van der Waals surface area contributed by atoms with Crippen LogP contribution in [0.1, 0.15) is 31.0 Å². The van der Waals surface area contributed by atoms with Crippen molar-refractivity contribution in [3.63, 3.8) is 0 Å². The Labute approximate surface area is 126 Å². The minimum Gasteiger partial charge on any atom is -0.363 e. The number of halogens is 1. The summed E-state index contributed by atoms with van der Waals surface area (Å²) in [5.74, 6) is -0.203. The van der Waals surface area contributed by atoms with Gasteiger partial charge in [-0.05, 0) is 44.5 Å². The van der Waals surface area contributed by atoms with Crippen molar-refractivity contribution in [1.29, 1.82) is 0 Å². The molecule has 2 atom stereocenters. The second kappa shape index (κ2) is 6.72. The Bertz CT molecular complexity index is 595. The molecular formula is C18H23FN2. The molecule has 0 aliphatic heterocycles. The van der Waals surface area contributed by atoms with E-state index < -0.39 is 0 Å². The van der Waals surface area contributed by atoms with Crippen molar-refractivity contribution in [2.24, 2.45) is 5.73 Å². The van der Waals surface area contributed by atoms with E-state index >= 15 is 0 Å². The van der Waals surface area contributed by atoms with Gasteiger partial charge in [-0.3, -0.25) is 0 Å². The fourth-order valence-corrected chi connectivity index (χ4v) is 2.80. The van der Waals surface area contributed by atoms with Crippen LogP contribution in [0.25, 0.3) is 0 Å². The Morgan fingerprint density at radius 2 is 1.86 bits per heavy atom. The molecule has 0 saturated carbocycles. The molecule has 112 valence electrons. The molecule has 2 N–H and O–H groups in total. The number of nitrogens with zero attached hydrogens (tertiary/aromatic N) is 1. The van der Waals surface area contributed by atoms with Crippen LogP contribution in [0.4, 0.5) is 10.1 Å². The topological polar surface area (TPSA) is 29.3 Å². The van der Waals surface area contributed by atoms with E-state index in [4.69, 9.17) is 5.73 Å². The number of anilines is 1. The van der Waals surface area contributed by atoms with E-state index in [0.29, 0.717) is 5.56 Å². The van der Waals surface area contributed by atoms with Crippen molar-refractivity contribution in [2.75, 3.05) is 11.4 Å². The van der Waals surface area contributed by atoms with E-state index in [1.54, 1.807) is 6.07 Å². The summed E-state index contributed by atoms with van der Waals surface area (Å²) in [7, 11) is 0. The van der Waals surface area contributed by atoms with Gasteiger partial charge in [0.25, 0.3) is 0 Å². The van der Waals surface area contributed by atoms with Crippen LogP contribution >= 0.6 is 0 Å². The molecular weight excluding hydrogens is 263 g/mol. The van der Waals surface area contributed by atoms with E-state index in [0.717, 1.165) is 12.2 Å². The first-order valence-corrected chi connectivity index (χ1v) is 7.38. The van der Waals surface area contributed by atoms with Gasteiger partial charge < -0.3 is 10.6 Å². The maximum absolute atomic E-state index is 14.2. The number of hydrogen-bond acceptors (Lipinski definition) is 2. The van der Waals surface area contributed by atoms with Crippen molar-refractivity contribution < 1.29 is 4.39 Å². The van der Waals surface area contributed by atoms with Gasteiger partial charge in [-0.15, -0.1) is 0 Å². The lowest BCUT2D eigenvalue weighted by Gasteiger charge is -2.36. The Morgan fingerprint density at radius 1 is 1.14 bits per heavy atom. The van der Waals surface area contributed by atoms with Gasteiger partial charge >= 0.3 is 0 Å². The number of rotatable bonds is 5. The molecule has 2 aromatic carbocycles. The van der Waals surface area contributed by atoms with Gasteiger partial charge in [0, 0.05) is 23.8 Å². The van der Waals surface area contributed by atoms with E-state index in [1.807, 2.05) is 31.2 Å². The van der Waals surface area contributed by atoms with Crippen LogP contribution in [0.15, 0.2) is 48.5 Å². The zero-order valence-corrected chi connectivity index (χ0v) is 12.9. The highest BCUT2D eigenvalue weighted by Crippen LogP contribution is 2.30. The highest BCUT2D eigenvalue weighted by Gasteiger charge is 2.25. The summed E-state index contributed by atoms with van der Waals surface area (Å²) in [5.41, 5.74) is 9.09. The first-order chi connectivity index (χ1) is 10.0. The van der Waals surface area contributed by atoms with E-state index in [9.17, 15) is 4.39 Å². The summed E-state index contributed by atoms with van der Waals surface area (Å²) >= 11 is 0. The summed E-state index contributed by atoms with van der Waals surface area (Å²) in [6.45, 7) is 6.82. The maximum atomic E-state index is 14.2. The number of aryl methyl sites for hydroxylation is 1. The van der Waals surface area contributed by atoms with Crippen LogP contribution in [0.5, 0.6) is 0 Å². The lowest BCUT2D eigenvalue weighted by molar-refractivity contribution is 0.503. The molecule has 2 rings (SSSR count). The minimum atomic E-state index is -0.203. The lowest BCUT2D eigenvalue weighted by atomic mass is 9.97. The molecule has 0 bridgehead atoms. The summed E-state index contributed by atoms with van der Waals surface area (Å²) in [5, 5.41) is 0. The highest BCUT2D eigenvalue weighted by atomic mass is 19.1. The third-order valence-corrected chi connectivity index (χ3v) is 3.73. The Hall–Kier alpha value is -1.87. The second-order valence-corrected chi connectivity index (χ2v) is 5.45. The fourth-order valence-electron chi connectivity index (χ4n) is 2.80. The van der Waals surface area contributed by atoms with Gasteiger partial charge in [0.15, 0.2) is 0 Å². The Morgan fingerprint density at radius 3 is 2.43 bits per heavy atom. The number of nitrogens with two attached hydrogens (primary N) is 1. The van der Waals surface area contributed by atoms with Crippen LogP contribution in [0.2, 0.25) is 0 Å². The number of benzene rings is 2. The molecule has 0 aliphatic carbocycles. The third-order valence-electron chi connectivity index (χ3n) is 3.73. The van der Waals surface area contributed by atoms with E-state index in [1.165, 1.54) is 11.6 Å². The molecule has 0 aromatic heterocycles. The average Bonchev–Trinajstić information content (AvgIpc) is 2.45. The van der Waals surface area contributed by atoms with Crippen molar-refractivity contribution >= 4 is 5.69 Å². The minimum absolute atomic E-state index is 0.178. The Balaban J connectivity index is 2.47. The third kappa shape index (κ3) is 3.42. The average molecular weight is 286 g/mol. The zero-order valence-electron chi connectivity index (χ0n) is 12.9. The first-order valence-electron chi connectivity index (χ1n) is 7.38. The maximum Gasteiger partial charge on any atom is 0.128 e. The quantitative estimate of drug-likeness (QED) is 0.898. The smallest absolute Gasteiger partial charge is 0.128 e. The summed E-state index contributed by atoms with van der Waals surface area (Å²) in [4.78, 5) is 2.16. The predicted octanol–water partition coefficient (Wildman–Crippen LogP) is 4.05. The largest absolute Gasteiger partial charge is 0.363 e. The summed E-state index contributed by atoms with van der Waals surface area (Å²) < 4.78 is 14.2. The van der Waals surface area contributed by atoms with Crippen molar-refractivity contribution in [3.8, 4) is 0 Å². The molecule has 0 heterocycles. The molecule has 3 heteroatoms. The molecule has 21 heavy (non-hydrogen) atoms. The van der Waals surface area contributed by atoms with Gasteiger partial charge in [-0.25, -0.2) is 4.39 Å². The van der Waals surface area contributed by atoms with Gasteiger partial charge in [-0.1, -0.05) is 30.3 Å². The van der Waals surface area contributed by atoms with Gasteiger partial charge in [-0.2, -0.15) is 0 Å². The summed E-state index contributed by atoms with van der Waals surface area (Å²) in [6.07, 6.45) is 0. The first kappa shape index (κ1) is 15.5. The molecule has 0 amide bonds. The van der Waals surface area contributed by atoms with Crippen LogP contribution in [-0.4, -0.2) is 12.6 Å². The van der Waals surface area contributed by atoms with E-state index in [-0.39, 0.29) is 17.9 Å². The monoisotopic (exact) mass is 286 g/mol. The summed E-state index contributed by atoms with van der Waals surface area (Å²) in [6, 6.07) is 14.8. The van der Waals surface area contributed by atoms with E-state index in [2.05, 4.69) is 30.9 Å². The Kier molecular flexibility index (Phi) is 4.97. The fraction of sp³-hybridized carbons (Fsp3) is 0.333. The standard InChI is InChI=1S/C18H23FN2/c1-4-21(15-9-7-8-13(2)12-15)18(14(3)20)16-10-5-6-11-17(16)19/h5-12,14,18H,4,20H2,1-3H3. The van der Waals surface area contributed by atoms with Gasteiger partial charge in [0.2, 0.25) is 0 Å².